The minimum atomic E-state index is -0.317. The van der Waals surface area contributed by atoms with E-state index in [4.69, 9.17) is 30.5 Å². The Morgan fingerprint density at radius 2 is 1.13 bits per heavy atom. The van der Waals surface area contributed by atoms with Crippen LogP contribution in [0, 0.1) is 0 Å². The summed E-state index contributed by atoms with van der Waals surface area (Å²) < 4.78 is 25.7. The maximum atomic E-state index is 6.56. The fourth-order valence-electron chi connectivity index (χ4n) is 4.62. The normalized spacial score (nSPS) is 20.9. The summed E-state index contributed by atoms with van der Waals surface area (Å²) in [5.74, 6) is 0. The highest BCUT2D eigenvalue weighted by atomic mass is 35.5. The van der Waals surface area contributed by atoms with Crippen molar-refractivity contribution in [3.8, 4) is 0 Å². The predicted octanol–water partition coefficient (Wildman–Crippen LogP) is 7.51. The van der Waals surface area contributed by atoms with Gasteiger partial charge >= 0.3 is 0 Å². The molecule has 0 N–H and O–H groups in total. The molecule has 4 atom stereocenters. The molecular formula is C34H33ClO4. The Labute approximate surface area is 235 Å². The number of benzene rings is 4. The number of hydrogen-bond acceptors (Lipinski definition) is 4. The lowest BCUT2D eigenvalue weighted by molar-refractivity contribution is -0.0896. The monoisotopic (exact) mass is 540 g/mol. The van der Waals surface area contributed by atoms with E-state index >= 15 is 0 Å². The van der Waals surface area contributed by atoms with Crippen molar-refractivity contribution in [3.05, 3.63) is 149 Å². The first-order valence-electron chi connectivity index (χ1n) is 13.3. The molecule has 1 heterocycles. The minimum absolute atomic E-state index is 0.293. The zero-order valence-electron chi connectivity index (χ0n) is 21.8. The molecule has 5 rings (SSSR count). The highest BCUT2D eigenvalue weighted by molar-refractivity contribution is 6.30. The average molecular weight is 541 g/mol. The molecule has 4 aromatic rings. The lowest BCUT2D eigenvalue weighted by atomic mass is 10.1. The third kappa shape index (κ3) is 8.12. The molecule has 200 valence electrons. The van der Waals surface area contributed by atoms with E-state index in [9.17, 15) is 0 Å². The molecule has 4 aromatic carbocycles. The van der Waals surface area contributed by atoms with Crippen LogP contribution in [0.15, 0.2) is 121 Å². The van der Waals surface area contributed by atoms with Gasteiger partial charge in [-0.3, -0.25) is 0 Å². The van der Waals surface area contributed by atoms with Gasteiger partial charge in [-0.2, -0.15) is 0 Å². The van der Waals surface area contributed by atoms with Crippen molar-refractivity contribution in [2.24, 2.45) is 0 Å². The summed E-state index contributed by atoms with van der Waals surface area (Å²) >= 11 is 6.08. The molecule has 5 heteroatoms. The predicted molar refractivity (Wildman–Crippen MR) is 155 cm³/mol. The molecule has 1 saturated heterocycles. The molecule has 4 nitrogen and oxygen atoms in total. The molecule has 39 heavy (non-hydrogen) atoms. The standard InChI is InChI=1S/C34H33ClO4/c35-30-19-16-26(17-20-30)18-21-31-33(37-23-28-12-6-2-7-13-28)34(38-24-29-14-8-3-9-15-29)32(39-31)25-36-22-27-10-4-1-5-11-27/h1-21,31-34H,22-25H2/b21-18+/t31-,32+,33-,34+/m0/s1. The zero-order chi connectivity index (χ0) is 26.7. The van der Waals surface area contributed by atoms with Crippen LogP contribution in [0.2, 0.25) is 5.02 Å². The van der Waals surface area contributed by atoms with Crippen molar-refractivity contribution in [1.29, 1.82) is 0 Å². The highest BCUT2D eigenvalue weighted by Crippen LogP contribution is 2.30. The molecule has 1 aliphatic rings. The third-order valence-electron chi connectivity index (χ3n) is 6.66. The lowest BCUT2D eigenvalue weighted by Gasteiger charge is -2.24. The number of halogens is 1. The number of hydrogen-bond donors (Lipinski definition) is 0. The van der Waals surface area contributed by atoms with Crippen molar-refractivity contribution in [2.75, 3.05) is 6.61 Å². The van der Waals surface area contributed by atoms with E-state index in [2.05, 4.69) is 42.5 Å². The first-order valence-corrected chi connectivity index (χ1v) is 13.6. The van der Waals surface area contributed by atoms with Crippen LogP contribution in [-0.2, 0) is 38.8 Å². The van der Waals surface area contributed by atoms with E-state index in [1.807, 2.05) is 84.9 Å². The van der Waals surface area contributed by atoms with Gasteiger partial charge in [-0.05, 0) is 34.4 Å². The van der Waals surface area contributed by atoms with E-state index in [1.54, 1.807) is 0 Å². The first kappa shape index (κ1) is 27.3. The molecule has 0 bridgehead atoms. The van der Waals surface area contributed by atoms with Gasteiger partial charge in [0.1, 0.15) is 24.4 Å². The quantitative estimate of drug-likeness (QED) is 0.186. The van der Waals surface area contributed by atoms with Crippen molar-refractivity contribution in [3.63, 3.8) is 0 Å². The second-order valence-electron chi connectivity index (χ2n) is 9.57. The maximum absolute atomic E-state index is 6.56. The van der Waals surface area contributed by atoms with Gasteiger partial charge in [0.05, 0.1) is 26.4 Å². The van der Waals surface area contributed by atoms with E-state index in [-0.39, 0.29) is 24.4 Å². The molecule has 0 radical (unpaired) electrons. The van der Waals surface area contributed by atoms with Crippen molar-refractivity contribution >= 4 is 17.7 Å². The third-order valence-corrected chi connectivity index (χ3v) is 6.91. The Hall–Kier alpha value is -3.25. The average Bonchev–Trinajstić information content (AvgIpc) is 3.32. The summed E-state index contributed by atoms with van der Waals surface area (Å²) in [6, 6.07) is 38.2. The summed E-state index contributed by atoms with van der Waals surface area (Å²) in [6.45, 7) is 1.82. The molecule has 1 aliphatic heterocycles. The van der Waals surface area contributed by atoms with Crippen molar-refractivity contribution in [2.45, 2.75) is 44.2 Å². The van der Waals surface area contributed by atoms with Gasteiger partial charge < -0.3 is 18.9 Å². The van der Waals surface area contributed by atoms with Gasteiger partial charge in [-0.1, -0.05) is 127 Å². The van der Waals surface area contributed by atoms with E-state index in [0.717, 1.165) is 22.3 Å². The van der Waals surface area contributed by atoms with Crippen LogP contribution in [0.25, 0.3) is 6.08 Å². The number of ether oxygens (including phenoxy) is 4. The largest absolute Gasteiger partial charge is 0.374 e. The molecule has 1 fully saturated rings. The molecule has 0 amide bonds. The van der Waals surface area contributed by atoms with Crippen molar-refractivity contribution < 1.29 is 18.9 Å². The fraction of sp³-hybridized carbons (Fsp3) is 0.235. The van der Waals surface area contributed by atoms with Gasteiger partial charge in [0.2, 0.25) is 0 Å². The Balaban J connectivity index is 1.35. The first-order chi connectivity index (χ1) is 19.2. The van der Waals surface area contributed by atoms with Gasteiger partial charge in [0, 0.05) is 5.02 Å². The molecule has 0 aliphatic carbocycles. The lowest BCUT2D eigenvalue weighted by Crippen LogP contribution is -2.38. The summed E-state index contributed by atoms with van der Waals surface area (Å²) in [7, 11) is 0. The second kappa shape index (κ2) is 14.2. The molecule has 0 saturated carbocycles. The van der Waals surface area contributed by atoms with Gasteiger partial charge in [-0.15, -0.1) is 0 Å². The Kier molecular flexibility index (Phi) is 9.97. The van der Waals surface area contributed by atoms with Crippen LogP contribution in [0.4, 0.5) is 0 Å². The summed E-state index contributed by atoms with van der Waals surface area (Å²) in [5.41, 5.74) is 4.36. The van der Waals surface area contributed by atoms with Crippen LogP contribution in [0.1, 0.15) is 22.3 Å². The topological polar surface area (TPSA) is 36.9 Å². The van der Waals surface area contributed by atoms with Gasteiger partial charge in [-0.25, -0.2) is 0 Å². The van der Waals surface area contributed by atoms with Crippen LogP contribution in [0.5, 0.6) is 0 Å². The van der Waals surface area contributed by atoms with Crippen LogP contribution >= 0.6 is 11.6 Å². The summed E-state index contributed by atoms with van der Waals surface area (Å²) in [4.78, 5) is 0. The van der Waals surface area contributed by atoms with E-state index in [1.165, 1.54) is 0 Å². The molecule has 0 unspecified atom stereocenters. The van der Waals surface area contributed by atoms with Crippen molar-refractivity contribution in [1.82, 2.24) is 0 Å². The molecule has 0 spiro atoms. The molecule has 0 aromatic heterocycles. The second-order valence-corrected chi connectivity index (χ2v) is 10.0. The van der Waals surface area contributed by atoms with Crippen LogP contribution < -0.4 is 0 Å². The van der Waals surface area contributed by atoms with E-state index < -0.39 is 0 Å². The highest BCUT2D eigenvalue weighted by Gasteiger charge is 2.45. The Morgan fingerprint density at radius 3 is 1.69 bits per heavy atom. The van der Waals surface area contributed by atoms with Crippen LogP contribution in [0.3, 0.4) is 0 Å². The summed E-state index contributed by atoms with van der Waals surface area (Å²) in [5, 5.41) is 0.707. The SMILES string of the molecule is Clc1ccc(/C=C/[C@@H]2O[C@H](COCc3ccccc3)[C@@H](OCc3ccccc3)[C@H]2OCc2ccccc2)cc1. The zero-order valence-corrected chi connectivity index (χ0v) is 22.5. The number of rotatable bonds is 12. The van der Waals surface area contributed by atoms with Gasteiger partial charge in [0.25, 0.3) is 0 Å². The molecular weight excluding hydrogens is 508 g/mol. The minimum Gasteiger partial charge on any atom is -0.374 e. The summed E-state index contributed by atoms with van der Waals surface area (Å²) in [6.07, 6.45) is 2.86. The Bertz CT molecular complexity index is 1280. The maximum Gasteiger partial charge on any atom is 0.116 e. The van der Waals surface area contributed by atoms with E-state index in [0.29, 0.717) is 31.5 Å². The smallest absolute Gasteiger partial charge is 0.116 e. The fourth-order valence-corrected chi connectivity index (χ4v) is 4.74. The van der Waals surface area contributed by atoms with Gasteiger partial charge in [0.15, 0.2) is 0 Å². The van der Waals surface area contributed by atoms with Crippen LogP contribution in [-0.4, -0.2) is 31.0 Å². The Morgan fingerprint density at radius 1 is 0.615 bits per heavy atom.